The fourth-order valence-corrected chi connectivity index (χ4v) is 3.25. The maximum absolute atomic E-state index is 13.1. The van der Waals surface area contributed by atoms with Crippen LogP contribution in [-0.2, 0) is 13.0 Å². The predicted octanol–water partition coefficient (Wildman–Crippen LogP) is 4.23. The summed E-state index contributed by atoms with van der Waals surface area (Å²) in [4.78, 5) is 10.4. The first kappa shape index (κ1) is 15.2. The lowest BCUT2D eigenvalue weighted by atomic mass is 10.0. The Morgan fingerprint density at radius 3 is 2.91 bits per heavy atom. The van der Waals surface area contributed by atoms with Crippen LogP contribution in [0, 0.1) is 5.82 Å². The standard InChI is InChI=1S/C18H24FN3/c1-2-3-6-18-20-12-16(21-18)13-22-11-4-5-17(22)14-7-9-15(19)10-8-14/h7-10,12,17H,2-6,11,13H2,1H3,(H,20,21)/t17-/m0/s1. The van der Waals surface area contributed by atoms with Gasteiger partial charge in [0.05, 0.1) is 0 Å². The molecular weight excluding hydrogens is 277 g/mol. The Hall–Kier alpha value is -1.68. The summed E-state index contributed by atoms with van der Waals surface area (Å²) in [5.41, 5.74) is 2.39. The van der Waals surface area contributed by atoms with Crippen molar-refractivity contribution in [2.24, 2.45) is 0 Å². The molecule has 118 valence electrons. The van der Waals surface area contributed by atoms with Crippen LogP contribution in [0.2, 0.25) is 0 Å². The van der Waals surface area contributed by atoms with Crippen molar-refractivity contribution in [2.75, 3.05) is 6.54 Å². The van der Waals surface area contributed by atoms with E-state index in [1.54, 1.807) is 12.1 Å². The number of likely N-dealkylation sites (tertiary alicyclic amines) is 1. The minimum absolute atomic E-state index is 0.164. The van der Waals surface area contributed by atoms with Gasteiger partial charge in [-0.25, -0.2) is 9.37 Å². The molecule has 1 atom stereocenters. The maximum atomic E-state index is 13.1. The Labute approximate surface area is 131 Å². The van der Waals surface area contributed by atoms with Crippen LogP contribution >= 0.6 is 0 Å². The number of hydrogen-bond acceptors (Lipinski definition) is 2. The summed E-state index contributed by atoms with van der Waals surface area (Å²) in [7, 11) is 0. The maximum Gasteiger partial charge on any atom is 0.123 e. The summed E-state index contributed by atoms with van der Waals surface area (Å²) >= 11 is 0. The van der Waals surface area contributed by atoms with Gasteiger partial charge in [-0.2, -0.15) is 0 Å². The number of halogens is 1. The van der Waals surface area contributed by atoms with Crippen molar-refractivity contribution in [3.8, 4) is 0 Å². The van der Waals surface area contributed by atoms with Crippen LogP contribution in [0.3, 0.4) is 0 Å². The van der Waals surface area contributed by atoms with Gasteiger partial charge in [0, 0.05) is 30.9 Å². The van der Waals surface area contributed by atoms with Crippen LogP contribution in [0.15, 0.2) is 30.5 Å². The molecule has 22 heavy (non-hydrogen) atoms. The molecule has 0 aliphatic carbocycles. The molecular formula is C18H24FN3. The molecule has 0 spiro atoms. The van der Waals surface area contributed by atoms with E-state index in [4.69, 9.17) is 0 Å². The summed E-state index contributed by atoms with van der Waals surface area (Å²) < 4.78 is 13.1. The van der Waals surface area contributed by atoms with Crippen LogP contribution in [-0.4, -0.2) is 21.4 Å². The number of imidazole rings is 1. The highest BCUT2D eigenvalue weighted by molar-refractivity contribution is 5.21. The first-order valence-electron chi connectivity index (χ1n) is 8.28. The number of rotatable bonds is 6. The monoisotopic (exact) mass is 301 g/mol. The van der Waals surface area contributed by atoms with E-state index in [0.717, 1.165) is 31.8 Å². The zero-order valence-corrected chi connectivity index (χ0v) is 13.2. The third-order valence-corrected chi connectivity index (χ3v) is 4.44. The molecule has 2 aromatic rings. The van der Waals surface area contributed by atoms with E-state index in [1.165, 1.54) is 30.5 Å². The van der Waals surface area contributed by atoms with Crippen molar-refractivity contribution in [2.45, 2.75) is 51.6 Å². The molecule has 0 radical (unpaired) electrons. The quantitative estimate of drug-likeness (QED) is 0.866. The second-order valence-corrected chi connectivity index (χ2v) is 6.14. The second-order valence-electron chi connectivity index (χ2n) is 6.14. The molecule has 1 fully saturated rings. The first-order chi connectivity index (χ1) is 10.8. The molecule has 1 aliphatic rings. The molecule has 0 amide bonds. The van der Waals surface area contributed by atoms with Gasteiger partial charge in [-0.05, 0) is 43.5 Å². The summed E-state index contributed by atoms with van der Waals surface area (Å²) in [6.07, 6.45) is 7.69. The van der Waals surface area contributed by atoms with Crippen LogP contribution < -0.4 is 0 Å². The van der Waals surface area contributed by atoms with Crippen molar-refractivity contribution in [3.05, 3.63) is 53.4 Å². The summed E-state index contributed by atoms with van der Waals surface area (Å²) in [5.74, 6) is 0.928. The third kappa shape index (κ3) is 3.55. The number of H-pyrrole nitrogens is 1. The zero-order valence-electron chi connectivity index (χ0n) is 13.2. The average molecular weight is 301 g/mol. The van der Waals surface area contributed by atoms with Gasteiger partial charge in [0.1, 0.15) is 11.6 Å². The molecule has 4 heteroatoms. The fraction of sp³-hybridized carbons (Fsp3) is 0.500. The molecule has 0 unspecified atom stereocenters. The number of benzene rings is 1. The second kappa shape index (κ2) is 7.05. The van der Waals surface area contributed by atoms with Crippen LogP contribution in [0.25, 0.3) is 0 Å². The highest BCUT2D eigenvalue weighted by atomic mass is 19.1. The van der Waals surface area contributed by atoms with E-state index in [0.29, 0.717) is 6.04 Å². The largest absolute Gasteiger partial charge is 0.345 e. The van der Waals surface area contributed by atoms with E-state index in [1.807, 2.05) is 18.3 Å². The number of nitrogens with zero attached hydrogens (tertiary/aromatic N) is 2. The fourth-order valence-electron chi connectivity index (χ4n) is 3.25. The van der Waals surface area contributed by atoms with Crippen LogP contribution in [0.1, 0.15) is 55.7 Å². The van der Waals surface area contributed by atoms with Crippen molar-refractivity contribution >= 4 is 0 Å². The molecule has 0 bridgehead atoms. The van der Waals surface area contributed by atoms with E-state index >= 15 is 0 Å². The highest BCUT2D eigenvalue weighted by Crippen LogP contribution is 2.32. The number of hydrogen-bond donors (Lipinski definition) is 1. The van der Waals surface area contributed by atoms with Crippen molar-refractivity contribution in [1.82, 2.24) is 14.9 Å². The zero-order chi connectivity index (χ0) is 15.4. The van der Waals surface area contributed by atoms with Gasteiger partial charge < -0.3 is 4.98 Å². The lowest BCUT2D eigenvalue weighted by Gasteiger charge is -2.24. The van der Waals surface area contributed by atoms with Gasteiger partial charge in [-0.3, -0.25) is 4.90 Å². The molecule has 1 aromatic heterocycles. The smallest absolute Gasteiger partial charge is 0.123 e. The predicted molar refractivity (Wildman–Crippen MR) is 86.0 cm³/mol. The Balaban J connectivity index is 1.65. The van der Waals surface area contributed by atoms with E-state index < -0.39 is 0 Å². The topological polar surface area (TPSA) is 31.9 Å². The Morgan fingerprint density at radius 1 is 1.32 bits per heavy atom. The summed E-state index contributed by atoms with van der Waals surface area (Å²) in [6.45, 7) is 4.17. The van der Waals surface area contributed by atoms with Gasteiger partial charge in [0.15, 0.2) is 0 Å². The number of nitrogens with one attached hydrogen (secondary N) is 1. The van der Waals surface area contributed by atoms with Gasteiger partial charge in [0.25, 0.3) is 0 Å². The molecule has 3 rings (SSSR count). The van der Waals surface area contributed by atoms with E-state index in [9.17, 15) is 4.39 Å². The van der Waals surface area contributed by atoms with Gasteiger partial charge in [-0.1, -0.05) is 25.5 Å². The van der Waals surface area contributed by atoms with Crippen molar-refractivity contribution in [1.29, 1.82) is 0 Å². The SMILES string of the molecule is CCCCc1ncc(CN2CCC[C@H]2c2ccc(F)cc2)[nH]1. The Bertz CT molecular complexity index is 591. The number of aromatic amines is 1. The van der Waals surface area contributed by atoms with Gasteiger partial charge in [-0.15, -0.1) is 0 Å². The lowest BCUT2D eigenvalue weighted by molar-refractivity contribution is 0.245. The number of unbranched alkanes of at least 4 members (excludes halogenated alkanes) is 1. The van der Waals surface area contributed by atoms with E-state index in [-0.39, 0.29) is 5.82 Å². The average Bonchev–Trinajstić information content (AvgIpc) is 3.16. The van der Waals surface area contributed by atoms with E-state index in [2.05, 4.69) is 21.8 Å². The molecule has 3 nitrogen and oxygen atoms in total. The Kier molecular flexibility index (Phi) is 4.88. The lowest BCUT2D eigenvalue weighted by Crippen LogP contribution is -2.23. The normalized spacial score (nSPS) is 18.9. The molecule has 1 N–H and O–H groups in total. The van der Waals surface area contributed by atoms with Crippen molar-refractivity contribution in [3.63, 3.8) is 0 Å². The molecule has 0 saturated carbocycles. The number of aromatic nitrogens is 2. The number of aryl methyl sites for hydroxylation is 1. The molecule has 1 saturated heterocycles. The minimum Gasteiger partial charge on any atom is -0.345 e. The van der Waals surface area contributed by atoms with Crippen LogP contribution in [0.5, 0.6) is 0 Å². The first-order valence-corrected chi connectivity index (χ1v) is 8.28. The van der Waals surface area contributed by atoms with Gasteiger partial charge in [0.2, 0.25) is 0 Å². The van der Waals surface area contributed by atoms with Crippen molar-refractivity contribution < 1.29 is 4.39 Å². The molecule has 1 aromatic carbocycles. The summed E-state index contributed by atoms with van der Waals surface area (Å²) in [5, 5.41) is 0. The third-order valence-electron chi connectivity index (χ3n) is 4.44. The van der Waals surface area contributed by atoms with Gasteiger partial charge >= 0.3 is 0 Å². The summed E-state index contributed by atoms with van der Waals surface area (Å²) in [6, 6.07) is 7.34. The Morgan fingerprint density at radius 2 is 2.14 bits per heavy atom. The molecule has 1 aliphatic heterocycles. The minimum atomic E-state index is -0.164. The van der Waals surface area contributed by atoms with Crippen LogP contribution in [0.4, 0.5) is 4.39 Å². The molecule has 2 heterocycles. The highest BCUT2D eigenvalue weighted by Gasteiger charge is 2.26.